The van der Waals surface area contributed by atoms with Gasteiger partial charge in [0, 0.05) is 32.8 Å². The van der Waals surface area contributed by atoms with Crippen LogP contribution in [-0.4, -0.2) is 48.8 Å². The van der Waals surface area contributed by atoms with E-state index in [1.165, 1.54) is 11.8 Å². The number of anilines is 1. The summed E-state index contributed by atoms with van der Waals surface area (Å²) >= 11 is 1.39. The Morgan fingerprint density at radius 1 is 1.12 bits per heavy atom. The molecule has 0 amide bonds. The highest BCUT2D eigenvalue weighted by molar-refractivity contribution is 7.99. The van der Waals surface area contributed by atoms with E-state index in [1.54, 1.807) is 6.20 Å². The van der Waals surface area contributed by atoms with Crippen LogP contribution in [0.25, 0.3) is 11.5 Å². The zero-order valence-electron chi connectivity index (χ0n) is 15.6. The molecule has 0 fully saturated rings. The Kier molecular flexibility index (Phi) is 5.46. The first-order valence-electron chi connectivity index (χ1n) is 8.45. The normalized spacial score (nSPS) is 11.2. The first-order chi connectivity index (χ1) is 12.5. The van der Waals surface area contributed by atoms with Gasteiger partial charge >= 0.3 is 0 Å². The highest BCUT2D eigenvalue weighted by Gasteiger charge is 2.18. The second-order valence-corrected chi connectivity index (χ2v) is 7.13. The van der Waals surface area contributed by atoms with E-state index < -0.39 is 0 Å². The smallest absolute Gasteiger partial charge is 0.229 e. The van der Waals surface area contributed by atoms with E-state index in [9.17, 15) is 0 Å². The summed E-state index contributed by atoms with van der Waals surface area (Å²) in [5.41, 5.74) is 0.793. The molecule has 0 radical (unpaired) electrons. The predicted molar refractivity (Wildman–Crippen MR) is 101 cm³/mol. The number of rotatable bonds is 6. The Morgan fingerprint density at radius 3 is 2.54 bits per heavy atom. The first kappa shape index (κ1) is 18.2. The van der Waals surface area contributed by atoms with Gasteiger partial charge in [-0.05, 0) is 30.8 Å². The molecule has 0 spiro atoms. The number of nitrogens with zero attached hydrogens (tertiary/aromatic N) is 8. The molecule has 0 bridgehead atoms. The van der Waals surface area contributed by atoms with Crippen molar-refractivity contribution >= 4 is 17.7 Å². The van der Waals surface area contributed by atoms with Crippen LogP contribution in [-0.2, 0) is 6.54 Å². The van der Waals surface area contributed by atoms with Crippen LogP contribution in [0.3, 0.4) is 0 Å². The summed E-state index contributed by atoms with van der Waals surface area (Å²) in [6.45, 7) is 6.91. The molecule has 3 heterocycles. The molecular formula is C17H22N8S. The van der Waals surface area contributed by atoms with Gasteiger partial charge in [0.2, 0.25) is 11.1 Å². The van der Waals surface area contributed by atoms with Crippen LogP contribution in [0, 0.1) is 0 Å². The molecule has 0 aliphatic carbocycles. The molecule has 26 heavy (non-hydrogen) atoms. The lowest BCUT2D eigenvalue weighted by Gasteiger charge is -2.14. The van der Waals surface area contributed by atoms with Crippen molar-refractivity contribution in [2.45, 2.75) is 43.5 Å². The van der Waals surface area contributed by atoms with Crippen molar-refractivity contribution < 1.29 is 0 Å². The molecule has 3 rings (SSSR count). The average molecular weight is 370 g/mol. The maximum absolute atomic E-state index is 4.59. The van der Waals surface area contributed by atoms with Gasteiger partial charge in [0.1, 0.15) is 11.5 Å². The van der Waals surface area contributed by atoms with Crippen molar-refractivity contribution in [3.05, 3.63) is 30.2 Å². The fourth-order valence-electron chi connectivity index (χ4n) is 2.28. The molecule has 0 aliphatic rings. The van der Waals surface area contributed by atoms with Crippen molar-refractivity contribution in [2.75, 3.05) is 19.0 Å². The fraction of sp³-hybridized carbons (Fsp3) is 0.412. The van der Waals surface area contributed by atoms with E-state index in [-0.39, 0.29) is 5.92 Å². The maximum atomic E-state index is 4.59. The fourth-order valence-corrected chi connectivity index (χ4v) is 3.12. The number of pyridine rings is 1. The van der Waals surface area contributed by atoms with Gasteiger partial charge < -0.3 is 9.47 Å². The standard InChI is InChI=1S/C17H22N8S/c1-6-25-14(12-9-7-8-10-18-12)22-23-17(25)26-16-20-13(11(2)3)19-15(21-16)24(4)5/h7-11H,6H2,1-5H3. The van der Waals surface area contributed by atoms with Crippen LogP contribution >= 0.6 is 11.8 Å². The Labute approximate surface area is 157 Å². The summed E-state index contributed by atoms with van der Waals surface area (Å²) in [4.78, 5) is 19.9. The monoisotopic (exact) mass is 370 g/mol. The second-order valence-electron chi connectivity index (χ2n) is 6.19. The lowest BCUT2D eigenvalue weighted by molar-refractivity contribution is 0.679. The second kappa shape index (κ2) is 7.77. The van der Waals surface area contributed by atoms with Gasteiger partial charge in [0.15, 0.2) is 11.0 Å². The molecule has 0 atom stereocenters. The third-order valence-electron chi connectivity index (χ3n) is 3.65. The summed E-state index contributed by atoms with van der Waals surface area (Å²) in [5, 5.41) is 9.99. The van der Waals surface area contributed by atoms with Crippen LogP contribution in [0.5, 0.6) is 0 Å². The molecule has 9 heteroatoms. The van der Waals surface area contributed by atoms with Crippen molar-refractivity contribution in [1.29, 1.82) is 0 Å². The summed E-state index contributed by atoms with van der Waals surface area (Å²) in [7, 11) is 3.84. The molecular weight excluding hydrogens is 348 g/mol. The zero-order valence-corrected chi connectivity index (χ0v) is 16.4. The minimum Gasteiger partial charge on any atom is -0.347 e. The molecule has 0 aliphatic heterocycles. The predicted octanol–water partition coefficient (Wildman–Crippen LogP) is 2.89. The van der Waals surface area contributed by atoms with Gasteiger partial charge in [-0.2, -0.15) is 9.97 Å². The van der Waals surface area contributed by atoms with Gasteiger partial charge in [-0.25, -0.2) is 4.98 Å². The number of hydrogen-bond donors (Lipinski definition) is 0. The Morgan fingerprint density at radius 2 is 1.92 bits per heavy atom. The van der Waals surface area contributed by atoms with Crippen molar-refractivity contribution in [2.24, 2.45) is 0 Å². The zero-order chi connectivity index (χ0) is 18.7. The summed E-state index contributed by atoms with van der Waals surface area (Å²) in [6.07, 6.45) is 1.75. The lowest BCUT2D eigenvalue weighted by atomic mass is 10.2. The van der Waals surface area contributed by atoms with E-state index >= 15 is 0 Å². The number of hydrogen-bond acceptors (Lipinski definition) is 8. The quantitative estimate of drug-likeness (QED) is 0.655. The first-order valence-corrected chi connectivity index (χ1v) is 9.27. The molecule has 0 aromatic carbocycles. The van der Waals surface area contributed by atoms with E-state index in [1.807, 2.05) is 41.8 Å². The summed E-state index contributed by atoms with van der Waals surface area (Å²) in [5.74, 6) is 2.35. The third-order valence-corrected chi connectivity index (χ3v) is 4.50. The molecule has 136 valence electrons. The van der Waals surface area contributed by atoms with Crippen LogP contribution in [0.15, 0.2) is 34.7 Å². The third kappa shape index (κ3) is 3.82. The highest BCUT2D eigenvalue weighted by atomic mass is 32.2. The Bertz CT molecular complexity index is 849. The average Bonchev–Trinajstić information content (AvgIpc) is 3.04. The van der Waals surface area contributed by atoms with E-state index in [4.69, 9.17) is 0 Å². The maximum Gasteiger partial charge on any atom is 0.229 e. The minimum atomic E-state index is 0.212. The van der Waals surface area contributed by atoms with Crippen molar-refractivity contribution in [3.8, 4) is 11.5 Å². The molecule has 8 nitrogen and oxygen atoms in total. The Balaban J connectivity index is 1.98. The van der Waals surface area contributed by atoms with Gasteiger partial charge in [-0.1, -0.05) is 19.9 Å². The van der Waals surface area contributed by atoms with E-state index in [0.717, 1.165) is 29.0 Å². The largest absolute Gasteiger partial charge is 0.347 e. The molecule has 0 saturated carbocycles. The number of aromatic nitrogens is 7. The molecule has 3 aromatic rings. The van der Waals surface area contributed by atoms with Gasteiger partial charge in [-0.3, -0.25) is 4.98 Å². The summed E-state index contributed by atoms with van der Waals surface area (Å²) in [6, 6.07) is 5.75. The molecule has 0 unspecified atom stereocenters. The Hall–Kier alpha value is -2.55. The molecule has 3 aromatic heterocycles. The lowest BCUT2D eigenvalue weighted by Crippen LogP contribution is -2.16. The van der Waals surface area contributed by atoms with Gasteiger partial charge in [-0.15, -0.1) is 10.2 Å². The van der Waals surface area contributed by atoms with Crippen LogP contribution in [0.1, 0.15) is 32.5 Å². The van der Waals surface area contributed by atoms with Gasteiger partial charge in [0.25, 0.3) is 0 Å². The molecule has 0 saturated heterocycles. The van der Waals surface area contributed by atoms with Gasteiger partial charge in [0.05, 0.1) is 0 Å². The topological polar surface area (TPSA) is 85.5 Å². The highest BCUT2D eigenvalue weighted by Crippen LogP contribution is 2.28. The van der Waals surface area contributed by atoms with Crippen LogP contribution < -0.4 is 4.90 Å². The molecule has 0 N–H and O–H groups in total. The summed E-state index contributed by atoms with van der Waals surface area (Å²) < 4.78 is 2.02. The minimum absolute atomic E-state index is 0.212. The SMILES string of the molecule is CCn1c(Sc2nc(C(C)C)nc(N(C)C)n2)nnc1-c1ccccn1. The van der Waals surface area contributed by atoms with Crippen molar-refractivity contribution in [1.82, 2.24) is 34.7 Å². The van der Waals surface area contributed by atoms with Crippen molar-refractivity contribution in [3.63, 3.8) is 0 Å². The van der Waals surface area contributed by atoms with Crippen LogP contribution in [0.4, 0.5) is 5.95 Å². The van der Waals surface area contributed by atoms with Crippen LogP contribution in [0.2, 0.25) is 0 Å². The van der Waals surface area contributed by atoms with E-state index in [2.05, 4.69) is 50.9 Å². The van der Waals surface area contributed by atoms with E-state index in [0.29, 0.717) is 11.1 Å².